The first-order valence-electron chi connectivity index (χ1n) is 8.43. The molecule has 0 unspecified atom stereocenters. The molecule has 0 radical (unpaired) electrons. The predicted molar refractivity (Wildman–Crippen MR) is 95.4 cm³/mol. The third-order valence-corrected chi connectivity index (χ3v) is 6.41. The first kappa shape index (κ1) is 15.7. The molecule has 4 rings (SSSR count). The number of primary sulfonamides is 1. The van der Waals surface area contributed by atoms with Crippen molar-refractivity contribution >= 4 is 15.7 Å². The Morgan fingerprint density at radius 2 is 1.83 bits per heavy atom. The highest BCUT2D eigenvalue weighted by Crippen LogP contribution is 2.52. The Morgan fingerprint density at radius 1 is 1.08 bits per heavy atom. The molecule has 0 aromatic heterocycles. The monoisotopic (exact) mass is 342 g/mol. The van der Waals surface area contributed by atoms with E-state index in [4.69, 9.17) is 5.14 Å². The Morgan fingerprint density at radius 3 is 2.54 bits per heavy atom. The van der Waals surface area contributed by atoms with Crippen molar-refractivity contribution in [2.75, 3.05) is 5.32 Å². The molecule has 0 amide bonds. The van der Waals surface area contributed by atoms with Gasteiger partial charge in [0.2, 0.25) is 10.0 Å². The standard InChI is InChI=1S/C19H22N2O2S/c1-12-5-7-13(8-6-12)19-16-4-2-3-15(16)17-11-14(24(20,22)23)9-10-18(17)21-19/h5-11,15-16,19,21H,2-4H2,1H3,(H2,20,22,23)/t15-,16+,19+/m1/s1. The zero-order valence-electron chi connectivity index (χ0n) is 13.7. The van der Waals surface area contributed by atoms with Gasteiger partial charge in [0.1, 0.15) is 0 Å². The minimum atomic E-state index is -3.66. The highest BCUT2D eigenvalue weighted by atomic mass is 32.2. The van der Waals surface area contributed by atoms with Crippen molar-refractivity contribution in [2.45, 2.75) is 43.0 Å². The molecule has 1 aliphatic carbocycles. The fourth-order valence-electron chi connectivity index (χ4n) is 4.31. The Hall–Kier alpha value is -1.85. The zero-order chi connectivity index (χ0) is 16.9. The average Bonchev–Trinajstić information content (AvgIpc) is 3.03. The molecular formula is C19H22N2O2S. The van der Waals surface area contributed by atoms with E-state index in [2.05, 4.69) is 36.5 Å². The van der Waals surface area contributed by atoms with E-state index < -0.39 is 10.0 Å². The number of nitrogens with one attached hydrogen (secondary N) is 1. The number of sulfonamides is 1. The molecule has 1 saturated carbocycles. The van der Waals surface area contributed by atoms with Crippen molar-refractivity contribution < 1.29 is 8.42 Å². The topological polar surface area (TPSA) is 72.2 Å². The summed E-state index contributed by atoms with van der Waals surface area (Å²) < 4.78 is 23.4. The summed E-state index contributed by atoms with van der Waals surface area (Å²) >= 11 is 0. The molecule has 24 heavy (non-hydrogen) atoms. The van der Waals surface area contributed by atoms with Gasteiger partial charge in [0.15, 0.2) is 0 Å². The molecule has 0 bridgehead atoms. The Kier molecular flexibility index (Phi) is 3.66. The number of fused-ring (bicyclic) bond motifs is 3. The van der Waals surface area contributed by atoms with Crippen molar-refractivity contribution in [2.24, 2.45) is 11.1 Å². The van der Waals surface area contributed by atoms with Gasteiger partial charge in [0.25, 0.3) is 0 Å². The zero-order valence-corrected chi connectivity index (χ0v) is 14.5. The van der Waals surface area contributed by atoms with Crippen LogP contribution in [0.15, 0.2) is 47.4 Å². The lowest BCUT2D eigenvalue weighted by molar-refractivity contribution is 0.405. The Labute approximate surface area is 143 Å². The van der Waals surface area contributed by atoms with Crippen molar-refractivity contribution in [1.82, 2.24) is 0 Å². The van der Waals surface area contributed by atoms with Crippen LogP contribution >= 0.6 is 0 Å². The van der Waals surface area contributed by atoms with E-state index in [9.17, 15) is 8.42 Å². The van der Waals surface area contributed by atoms with Gasteiger partial charge in [-0.2, -0.15) is 0 Å². The summed E-state index contributed by atoms with van der Waals surface area (Å²) in [6.07, 6.45) is 3.45. The lowest BCUT2D eigenvalue weighted by atomic mass is 9.77. The van der Waals surface area contributed by atoms with E-state index in [1.54, 1.807) is 12.1 Å². The number of aryl methyl sites for hydroxylation is 1. The minimum absolute atomic E-state index is 0.211. The van der Waals surface area contributed by atoms with Gasteiger partial charge in [-0.25, -0.2) is 13.6 Å². The van der Waals surface area contributed by atoms with Crippen LogP contribution in [0.25, 0.3) is 0 Å². The maximum absolute atomic E-state index is 11.7. The third kappa shape index (κ3) is 2.62. The van der Waals surface area contributed by atoms with Crippen LogP contribution in [-0.2, 0) is 10.0 Å². The number of anilines is 1. The van der Waals surface area contributed by atoms with Crippen LogP contribution in [0.2, 0.25) is 0 Å². The van der Waals surface area contributed by atoms with Gasteiger partial charge in [0.05, 0.1) is 10.9 Å². The molecule has 3 atom stereocenters. The first-order valence-corrected chi connectivity index (χ1v) is 9.98. The molecule has 2 aromatic carbocycles. The van der Waals surface area contributed by atoms with Gasteiger partial charge in [-0.15, -0.1) is 0 Å². The Balaban J connectivity index is 1.78. The molecule has 3 N–H and O–H groups in total. The molecule has 2 aliphatic rings. The molecular weight excluding hydrogens is 320 g/mol. The highest BCUT2D eigenvalue weighted by Gasteiger charge is 2.40. The molecule has 126 valence electrons. The van der Waals surface area contributed by atoms with Crippen LogP contribution in [0.5, 0.6) is 0 Å². The molecule has 5 heteroatoms. The summed E-state index contributed by atoms with van der Waals surface area (Å²) in [5.41, 5.74) is 4.71. The van der Waals surface area contributed by atoms with Crippen LogP contribution < -0.4 is 10.5 Å². The number of nitrogens with two attached hydrogens (primary N) is 1. The Bertz CT molecular complexity index is 875. The number of hydrogen-bond donors (Lipinski definition) is 2. The number of benzene rings is 2. The summed E-state index contributed by atoms with van der Waals surface area (Å²) in [5.74, 6) is 0.894. The second-order valence-electron chi connectivity index (χ2n) is 7.03. The molecule has 4 nitrogen and oxygen atoms in total. The van der Waals surface area contributed by atoms with E-state index in [-0.39, 0.29) is 10.9 Å². The number of hydrogen-bond acceptors (Lipinski definition) is 3. The predicted octanol–water partition coefficient (Wildman–Crippen LogP) is 3.69. The first-order chi connectivity index (χ1) is 11.4. The van der Waals surface area contributed by atoms with Gasteiger partial charge < -0.3 is 5.32 Å². The van der Waals surface area contributed by atoms with Gasteiger partial charge in [-0.1, -0.05) is 36.2 Å². The molecule has 0 saturated heterocycles. The maximum atomic E-state index is 11.7. The van der Waals surface area contributed by atoms with E-state index in [1.165, 1.54) is 17.5 Å². The second kappa shape index (κ2) is 5.60. The SMILES string of the molecule is Cc1ccc([C@@H]2Nc3ccc(S(N)(=O)=O)cc3[C@@H]3CCC[C@@H]32)cc1. The van der Waals surface area contributed by atoms with Crippen LogP contribution in [0.3, 0.4) is 0 Å². The largest absolute Gasteiger partial charge is 0.378 e. The van der Waals surface area contributed by atoms with Crippen molar-refractivity contribution in [1.29, 1.82) is 0 Å². The summed E-state index contributed by atoms with van der Waals surface area (Å²) in [6, 6.07) is 14.2. The van der Waals surface area contributed by atoms with Gasteiger partial charge >= 0.3 is 0 Å². The van der Waals surface area contributed by atoms with Crippen LogP contribution in [0.4, 0.5) is 5.69 Å². The highest BCUT2D eigenvalue weighted by molar-refractivity contribution is 7.89. The van der Waals surface area contributed by atoms with Crippen LogP contribution in [0.1, 0.15) is 47.9 Å². The molecule has 2 aromatic rings. The van der Waals surface area contributed by atoms with E-state index >= 15 is 0 Å². The van der Waals surface area contributed by atoms with Gasteiger partial charge in [0, 0.05) is 5.69 Å². The third-order valence-electron chi connectivity index (χ3n) is 5.50. The van der Waals surface area contributed by atoms with Crippen molar-refractivity contribution in [3.8, 4) is 0 Å². The average molecular weight is 342 g/mol. The molecule has 0 spiro atoms. The van der Waals surface area contributed by atoms with Gasteiger partial charge in [-0.3, -0.25) is 0 Å². The molecule has 1 aliphatic heterocycles. The van der Waals surface area contributed by atoms with E-state index in [0.717, 1.165) is 24.1 Å². The smallest absolute Gasteiger partial charge is 0.238 e. The second-order valence-corrected chi connectivity index (χ2v) is 8.59. The quantitative estimate of drug-likeness (QED) is 0.874. The maximum Gasteiger partial charge on any atom is 0.238 e. The van der Waals surface area contributed by atoms with Crippen molar-refractivity contribution in [3.63, 3.8) is 0 Å². The summed E-state index contributed by atoms with van der Waals surface area (Å²) in [6.45, 7) is 2.10. The molecule has 1 fully saturated rings. The fourth-order valence-corrected chi connectivity index (χ4v) is 4.86. The lowest BCUT2D eigenvalue weighted by Crippen LogP contribution is -2.29. The summed E-state index contributed by atoms with van der Waals surface area (Å²) in [5, 5.41) is 8.96. The van der Waals surface area contributed by atoms with Gasteiger partial charge in [-0.05, 0) is 60.9 Å². The summed E-state index contributed by atoms with van der Waals surface area (Å²) in [7, 11) is -3.66. The lowest BCUT2D eigenvalue weighted by Gasteiger charge is -2.38. The van der Waals surface area contributed by atoms with E-state index in [1.807, 2.05) is 6.07 Å². The minimum Gasteiger partial charge on any atom is -0.378 e. The summed E-state index contributed by atoms with van der Waals surface area (Å²) in [4.78, 5) is 0.211. The normalized spacial score (nSPS) is 25.7. The van der Waals surface area contributed by atoms with Crippen molar-refractivity contribution in [3.05, 3.63) is 59.2 Å². The number of rotatable bonds is 2. The molecule has 1 heterocycles. The van der Waals surface area contributed by atoms with Crippen LogP contribution in [0, 0.1) is 12.8 Å². The van der Waals surface area contributed by atoms with Crippen LogP contribution in [-0.4, -0.2) is 8.42 Å². The van der Waals surface area contributed by atoms with E-state index in [0.29, 0.717) is 11.8 Å². The fraction of sp³-hybridized carbons (Fsp3) is 0.368.